The van der Waals surface area contributed by atoms with Crippen molar-refractivity contribution in [2.75, 3.05) is 56.5 Å². The maximum absolute atomic E-state index is 14.4. The van der Waals surface area contributed by atoms with Crippen LogP contribution < -0.4 is 15.5 Å². The minimum absolute atomic E-state index is 0.0392. The van der Waals surface area contributed by atoms with E-state index in [1.165, 1.54) is 0 Å². The van der Waals surface area contributed by atoms with Crippen molar-refractivity contribution in [2.24, 2.45) is 10.9 Å². The molecule has 0 radical (unpaired) electrons. The number of hydrogen-bond donors (Lipinski definition) is 2. The monoisotopic (exact) mass is 646 g/mol. The van der Waals surface area contributed by atoms with Gasteiger partial charge in [-0.1, -0.05) is 53.0 Å². The molecular formula is C36H57F3N6O. The number of halogens is 3. The number of unbranched alkanes of at least 4 members (excludes halogenated alkanes) is 2. The van der Waals surface area contributed by atoms with Crippen LogP contribution in [0.5, 0.6) is 0 Å². The standard InChI is InChI=1S/C36H57F3N6O/c1-7-11-14-29-25-30(10-4)45(35(29)46)19-13-18-40-34(15-12-8-2)32(36(37,38)39)26-41-27(5)42-33-17-16-31(24-28(33)9-3)44-22-20-43(6)21-23-44/h15-17,24,26,29-30,40H,7-14,18-23,25H2,1-6H3,(H,41,42)/b32-26+,34-15-. The van der Waals surface area contributed by atoms with Crippen molar-refractivity contribution in [3.05, 3.63) is 47.3 Å². The molecule has 0 spiro atoms. The van der Waals surface area contributed by atoms with Gasteiger partial charge in [-0.25, -0.2) is 4.99 Å². The molecule has 1 aromatic carbocycles. The van der Waals surface area contributed by atoms with Crippen LogP contribution in [0.1, 0.15) is 91.5 Å². The van der Waals surface area contributed by atoms with Crippen LogP contribution in [0.15, 0.2) is 46.7 Å². The number of carbonyl (C=O) groups is 1. The average Bonchev–Trinajstić information content (AvgIpc) is 3.34. The van der Waals surface area contributed by atoms with E-state index in [2.05, 4.69) is 65.4 Å². The van der Waals surface area contributed by atoms with Gasteiger partial charge in [0.1, 0.15) is 5.84 Å². The Bertz CT molecular complexity index is 1200. The lowest BCUT2D eigenvalue weighted by Gasteiger charge is -2.34. The summed E-state index contributed by atoms with van der Waals surface area (Å²) in [5, 5.41) is 6.28. The molecule has 1 amide bonds. The third-order valence-corrected chi connectivity index (χ3v) is 9.17. The molecular weight excluding hydrogens is 589 g/mol. The number of piperazine rings is 1. The van der Waals surface area contributed by atoms with Crippen molar-refractivity contribution in [1.82, 2.24) is 15.1 Å². The Morgan fingerprint density at radius 3 is 2.43 bits per heavy atom. The lowest BCUT2D eigenvalue weighted by atomic mass is 9.98. The molecule has 3 rings (SSSR count). The van der Waals surface area contributed by atoms with Gasteiger partial charge in [0.15, 0.2) is 0 Å². The Labute approximate surface area is 275 Å². The summed E-state index contributed by atoms with van der Waals surface area (Å²) in [4.78, 5) is 23.9. The number of carbonyl (C=O) groups excluding carboxylic acids is 1. The summed E-state index contributed by atoms with van der Waals surface area (Å²) in [6.45, 7) is 14.8. The Morgan fingerprint density at radius 2 is 1.80 bits per heavy atom. The van der Waals surface area contributed by atoms with Crippen molar-refractivity contribution in [1.29, 1.82) is 0 Å². The van der Waals surface area contributed by atoms with Gasteiger partial charge >= 0.3 is 6.18 Å². The molecule has 7 nitrogen and oxygen atoms in total. The van der Waals surface area contributed by atoms with Crippen LogP contribution in [0, 0.1) is 5.92 Å². The van der Waals surface area contributed by atoms with Crippen LogP contribution in [0.3, 0.4) is 0 Å². The molecule has 46 heavy (non-hydrogen) atoms. The fourth-order valence-electron chi connectivity index (χ4n) is 6.32. The molecule has 2 atom stereocenters. The molecule has 2 N–H and O–H groups in total. The summed E-state index contributed by atoms with van der Waals surface area (Å²) in [5.74, 6) is 0.667. The van der Waals surface area contributed by atoms with Gasteiger partial charge < -0.3 is 25.3 Å². The van der Waals surface area contributed by atoms with Gasteiger partial charge in [0.2, 0.25) is 5.91 Å². The lowest BCUT2D eigenvalue weighted by molar-refractivity contribution is -0.132. The van der Waals surface area contributed by atoms with Gasteiger partial charge in [0.05, 0.1) is 5.57 Å². The van der Waals surface area contributed by atoms with Crippen LogP contribution >= 0.6 is 0 Å². The first-order valence-electron chi connectivity index (χ1n) is 17.4. The quantitative estimate of drug-likeness (QED) is 0.0832. The van der Waals surface area contributed by atoms with E-state index in [0.717, 1.165) is 94.3 Å². The van der Waals surface area contributed by atoms with E-state index in [9.17, 15) is 18.0 Å². The first-order valence-corrected chi connectivity index (χ1v) is 17.4. The van der Waals surface area contributed by atoms with E-state index in [0.29, 0.717) is 31.8 Å². The van der Waals surface area contributed by atoms with Gasteiger partial charge in [-0.3, -0.25) is 4.79 Å². The van der Waals surface area contributed by atoms with Gasteiger partial charge in [0, 0.05) is 74.5 Å². The minimum Gasteiger partial charge on any atom is -0.385 e. The molecule has 0 aromatic heterocycles. The number of hydrogen-bond acceptors (Lipinski definition) is 5. The number of anilines is 2. The van der Waals surface area contributed by atoms with Crippen LogP contribution in [-0.4, -0.2) is 80.1 Å². The number of benzene rings is 1. The van der Waals surface area contributed by atoms with Crippen LogP contribution in [0.4, 0.5) is 24.5 Å². The van der Waals surface area contributed by atoms with E-state index in [1.54, 1.807) is 13.0 Å². The third-order valence-electron chi connectivity index (χ3n) is 9.17. The van der Waals surface area contributed by atoms with E-state index in [-0.39, 0.29) is 23.6 Å². The van der Waals surface area contributed by atoms with Crippen molar-refractivity contribution >= 4 is 23.1 Å². The van der Waals surface area contributed by atoms with Gasteiger partial charge in [-0.15, -0.1) is 0 Å². The molecule has 10 heteroatoms. The number of alkyl halides is 3. The summed E-state index contributed by atoms with van der Waals surface area (Å²) in [5.41, 5.74) is 2.34. The second-order valence-corrected chi connectivity index (χ2v) is 12.7. The van der Waals surface area contributed by atoms with E-state index >= 15 is 0 Å². The number of aryl methyl sites for hydroxylation is 1. The highest BCUT2D eigenvalue weighted by Gasteiger charge is 2.38. The largest absolute Gasteiger partial charge is 0.419 e. The van der Waals surface area contributed by atoms with Crippen molar-refractivity contribution in [2.45, 2.75) is 105 Å². The molecule has 1 aromatic rings. The van der Waals surface area contributed by atoms with Crippen LogP contribution in [0.2, 0.25) is 0 Å². The number of aliphatic imine (C=N–C) groups is 1. The van der Waals surface area contributed by atoms with Gasteiger partial charge in [-0.05, 0) is 76.3 Å². The number of nitrogens with one attached hydrogen (secondary N) is 2. The SMILES string of the molecule is CCC/C=C(NCCCN1C(=O)C(CCCC)CC1CC)/C(=C\N=C(C)Nc1ccc(N2CCN(C)CC2)cc1CC)C(F)(F)F. The molecule has 2 aliphatic heterocycles. The highest BCUT2D eigenvalue weighted by molar-refractivity contribution is 5.95. The Morgan fingerprint density at radius 1 is 1.07 bits per heavy atom. The summed E-state index contributed by atoms with van der Waals surface area (Å²) < 4.78 is 43.2. The van der Waals surface area contributed by atoms with Crippen molar-refractivity contribution < 1.29 is 18.0 Å². The van der Waals surface area contributed by atoms with E-state index < -0.39 is 11.7 Å². The molecule has 258 valence electrons. The predicted molar refractivity (Wildman–Crippen MR) is 185 cm³/mol. The zero-order valence-corrected chi connectivity index (χ0v) is 29.0. The second-order valence-electron chi connectivity index (χ2n) is 12.7. The maximum atomic E-state index is 14.4. The molecule has 2 saturated heterocycles. The molecule has 2 heterocycles. The summed E-state index contributed by atoms with van der Waals surface area (Å²) in [6, 6.07) is 6.44. The smallest absolute Gasteiger partial charge is 0.385 e. The van der Waals surface area contributed by atoms with Crippen molar-refractivity contribution in [3.8, 4) is 0 Å². The molecule has 2 aliphatic rings. The number of likely N-dealkylation sites (N-methyl/N-ethyl adjacent to an activating group) is 1. The third kappa shape index (κ3) is 10.8. The molecule has 2 fully saturated rings. The molecule has 0 aliphatic carbocycles. The second kappa shape index (κ2) is 18.4. The van der Waals surface area contributed by atoms with E-state index in [4.69, 9.17) is 0 Å². The lowest BCUT2D eigenvalue weighted by Crippen LogP contribution is -2.44. The first-order chi connectivity index (χ1) is 22.0. The Balaban J connectivity index is 1.69. The number of amides is 1. The summed E-state index contributed by atoms with van der Waals surface area (Å²) in [7, 11) is 2.13. The highest BCUT2D eigenvalue weighted by Crippen LogP contribution is 2.32. The van der Waals surface area contributed by atoms with Crippen LogP contribution in [0.25, 0.3) is 0 Å². The molecule has 0 saturated carbocycles. The normalized spacial score (nSPS) is 20.5. The first kappa shape index (κ1) is 37.4. The zero-order chi connectivity index (χ0) is 33.7. The average molecular weight is 647 g/mol. The summed E-state index contributed by atoms with van der Waals surface area (Å²) >= 11 is 0. The molecule has 2 unspecified atom stereocenters. The van der Waals surface area contributed by atoms with Gasteiger partial charge in [0.25, 0.3) is 0 Å². The fraction of sp³-hybridized carbons (Fsp3) is 0.667. The number of likely N-dealkylation sites (tertiary alicyclic amines) is 1. The number of rotatable bonds is 16. The molecule has 0 bridgehead atoms. The highest BCUT2D eigenvalue weighted by atomic mass is 19.4. The minimum atomic E-state index is -4.58. The van der Waals surface area contributed by atoms with Crippen LogP contribution in [-0.2, 0) is 11.2 Å². The Kier molecular flexibility index (Phi) is 14.9. The van der Waals surface area contributed by atoms with Gasteiger partial charge in [-0.2, -0.15) is 13.2 Å². The summed E-state index contributed by atoms with van der Waals surface area (Å²) in [6.07, 6.45) is 5.37. The number of amidine groups is 1. The maximum Gasteiger partial charge on any atom is 0.419 e. The topological polar surface area (TPSA) is 63.2 Å². The number of allylic oxidation sites excluding steroid dienone is 2. The Hall–Kier alpha value is -3.01. The zero-order valence-electron chi connectivity index (χ0n) is 29.0. The fourth-order valence-corrected chi connectivity index (χ4v) is 6.32. The number of nitrogens with zero attached hydrogens (tertiary/aromatic N) is 4. The predicted octanol–water partition coefficient (Wildman–Crippen LogP) is 7.76. The van der Waals surface area contributed by atoms with E-state index in [1.807, 2.05) is 17.9 Å². The van der Waals surface area contributed by atoms with Crippen molar-refractivity contribution in [3.63, 3.8) is 0 Å².